The van der Waals surface area contributed by atoms with Crippen molar-refractivity contribution in [3.63, 3.8) is 0 Å². The van der Waals surface area contributed by atoms with E-state index in [0.717, 1.165) is 5.56 Å². The highest BCUT2D eigenvalue weighted by Gasteiger charge is 2.19. The lowest BCUT2D eigenvalue weighted by Gasteiger charge is -2.09. The Kier molecular flexibility index (Phi) is 3.37. The summed E-state index contributed by atoms with van der Waals surface area (Å²) in [6.07, 6.45) is 0. The van der Waals surface area contributed by atoms with Gasteiger partial charge < -0.3 is 20.2 Å². The Balaban J connectivity index is 2.41. The zero-order valence-electron chi connectivity index (χ0n) is 10.9. The lowest BCUT2D eigenvalue weighted by atomic mass is 10.2. The van der Waals surface area contributed by atoms with E-state index in [2.05, 4.69) is 15.3 Å². The standard InChI is InChI=1S/C12H14N4O3/c1-7-4-5-10(19-3)9(6-7)15-11-12(16(17)18)14-8(2)13-11/h4-6,15H,1-3H3,(H,13,14). The third-order valence-corrected chi connectivity index (χ3v) is 2.59. The minimum Gasteiger partial charge on any atom is -0.495 e. The molecule has 2 aromatic rings. The molecule has 0 radical (unpaired) electrons. The number of imidazole rings is 1. The second-order valence-electron chi connectivity index (χ2n) is 4.11. The molecule has 0 amide bonds. The van der Waals surface area contributed by atoms with Gasteiger partial charge in [0, 0.05) is 6.92 Å². The summed E-state index contributed by atoms with van der Waals surface area (Å²) in [5.74, 6) is 1.08. The van der Waals surface area contributed by atoms with Gasteiger partial charge in [0.25, 0.3) is 0 Å². The van der Waals surface area contributed by atoms with Gasteiger partial charge >= 0.3 is 5.82 Å². The normalized spacial score (nSPS) is 10.3. The fraction of sp³-hybridized carbons (Fsp3) is 0.250. The molecule has 2 rings (SSSR count). The molecule has 19 heavy (non-hydrogen) atoms. The first-order chi connectivity index (χ1) is 9.01. The maximum absolute atomic E-state index is 10.9. The minimum atomic E-state index is -0.509. The van der Waals surface area contributed by atoms with Gasteiger partial charge in [0.2, 0.25) is 5.82 Å². The Bertz CT molecular complexity index is 621. The van der Waals surface area contributed by atoms with Crippen LogP contribution < -0.4 is 10.1 Å². The predicted molar refractivity (Wildman–Crippen MR) is 71.0 cm³/mol. The maximum Gasteiger partial charge on any atom is 0.365 e. The Morgan fingerprint density at radius 3 is 2.79 bits per heavy atom. The summed E-state index contributed by atoms with van der Waals surface area (Å²) in [5, 5.41) is 13.8. The van der Waals surface area contributed by atoms with Crippen molar-refractivity contribution in [1.82, 2.24) is 9.97 Å². The Morgan fingerprint density at radius 1 is 1.42 bits per heavy atom. The topological polar surface area (TPSA) is 93.1 Å². The van der Waals surface area contributed by atoms with Crippen LogP contribution in [0.3, 0.4) is 0 Å². The largest absolute Gasteiger partial charge is 0.495 e. The number of hydrogen-bond acceptors (Lipinski definition) is 5. The molecule has 0 aliphatic rings. The number of rotatable bonds is 4. The number of aromatic amines is 1. The van der Waals surface area contributed by atoms with Crippen molar-refractivity contribution >= 4 is 17.3 Å². The number of methoxy groups -OCH3 is 1. The highest BCUT2D eigenvalue weighted by Crippen LogP contribution is 2.31. The van der Waals surface area contributed by atoms with E-state index in [-0.39, 0.29) is 11.6 Å². The third-order valence-electron chi connectivity index (χ3n) is 2.59. The number of anilines is 2. The summed E-state index contributed by atoms with van der Waals surface area (Å²) in [6.45, 7) is 3.58. The van der Waals surface area contributed by atoms with Crippen LogP contribution in [0.1, 0.15) is 11.4 Å². The molecule has 100 valence electrons. The van der Waals surface area contributed by atoms with Crippen LogP contribution in [0.25, 0.3) is 0 Å². The third kappa shape index (κ3) is 2.65. The van der Waals surface area contributed by atoms with Crippen molar-refractivity contribution in [3.8, 4) is 5.75 Å². The van der Waals surface area contributed by atoms with Crippen molar-refractivity contribution in [1.29, 1.82) is 0 Å². The van der Waals surface area contributed by atoms with Gasteiger partial charge in [0.15, 0.2) is 5.82 Å². The first-order valence-corrected chi connectivity index (χ1v) is 5.64. The lowest BCUT2D eigenvalue weighted by molar-refractivity contribution is -0.388. The SMILES string of the molecule is COc1ccc(C)cc1Nc1nc(C)[nH]c1[N+](=O)[O-]. The monoisotopic (exact) mass is 262 g/mol. The van der Waals surface area contributed by atoms with E-state index in [9.17, 15) is 10.1 Å². The van der Waals surface area contributed by atoms with Crippen LogP contribution in [0, 0.1) is 24.0 Å². The van der Waals surface area contributed by atoms with E-state index >= 15 is 0 Å². The van der Waals surface area contributed by atoms with Crippen molar-refractivity contribution in [2.24, 2.45) is 0 Å². The molecule has 0 spiro atoms. The molecular weight excluding hydrogens is 248 g/mol. The molecule has 7 nitrogen and oxygen atoms in total. The van der Waals surface area contributed by atoms with Crippen molar-refractivity contribution in [2.75, 3.05) is 12.4 Å². The van der Waals surface area contributed by atoms with Gasteiger partial charge in [-0.2, -0.15) is 4.98 Å². The first-order valence-electron chi connectivity index (χ1n) is 5.64. The number of benzene rings is 1. The molecule has 0 aliphatic carbocycles. The van der Waals surface area contributed by atoms with E-state index < -0.39 is 4.92 Å². The van der Waals surface area contributed by atoms with Crippen molar-refractivity contribution in [2.45, 2.75) is 13.8 Å². The van der Waals surface area contributed by atoms with Crippen molar-refractivity contribution < 1.29 is 9.66 Å². The van der Waals surface area contributed by atoms with Gasteiger partial charge in [-0.1, -0.05) is 6.07 Å². The van der Waals surface area contributed by atoms with Crippen LogP contribution in [0.2, 0.25) is 0 Å². The van der Waals surface area contributed by atoms with Gasteiger partial charge in [-0.3, -0.25) is 0 Å². The van der Waals surface area contributed by atoms with Crippen LogP contribution in [0.4, 0.5) is 17.3 Å². The summed E-state index contributed by atoms with van der Waals surface area (Å²) in [6, 6.07) is 5.53. The molecule has 0 bridgehead atoms. The van der Waals surface area contributed by atoms with E-state index in [1.165, 1.54) is 0 Å². The zero-order valence-corrected chi connectivity index (χ0v) is 10.9. The fourth-order valence-corrected chi connectivity index (χ4v) is 1.75. The molecular formula is C12H14N4O3. The molecule has 0 aliphatic heterocycles. The Hall–Kier alpha value is -2.57. The second-order valence-corrected chi connectivity index (χ2v) is 4.11. The molecule has 0 saturated carbocycles. The van der Waals surface area contributed by atoms with E-state index in [4.69, 9.17) is 4.74 Å². The lowest BCUT2D eigenvalue weighted by Crippen LogP contribution is -1.98. The fourth-order valence-electron chi connectivity index (χ4n) is 1.75. The number of nitrogens with zero attached hydrogens (tertiary/aromatic N) is 2. The van der Waals surface area contributed by atoms with Gasteiger partial charge in [0.05, 0.1) is 12.8 Å². The van der Waals surface area contributed by atoms with Crippen LogP contribution in [-0.4, -0.2) is 22.0 Å². The molecule has 7 heteroatoms. The molecule has 2 N–H and O–H groups in total. The highest BCUT2D eigenvalue weighted by atomic mass is 16.6. The summed E-state index contributed by atoms with van der Waals surface area (Å²) in [4.78, 5) is 17.1. The molecule has 0 fully saturated rings. The van der Waals surface area contributed by atoms with Crippen LogP contribution in [0.5, 0.6) is 5.75 Å². The second kappa shape index (κ2) is 4.97. The summed E-state index contributed by atoms with van der Waals surface area (Å²) in [7, 11) is 1.54. The Morgan fingerprint density at radius 2 is 2.16 bits per heavy atom. The molecule has 0 saturated heterocycles. The van der Waals surface area contributed by atoms with Gasteiger partial charge in [-0.25, -0.2) is 4.98 Å². The summed E-state index contributed by atoms with van der Waals surface area (Å²) in [5.41, 5.74) is 1.65. The summed E-state index contributed by atoms with van der Waals surface area (Å²) >= 11 is 0. The first kappa shape index (κ1) is 12.9. The number of nitro groups is 1. The number of hydrogen-bond donors (Lipinski definition) is 2. The van der Waals surface area contributed by atoms with Gasteiger partial charge in [-0.15, -0.1) is 0 Å². The minimum absolute atomic E-state index is 0.166. The maximum atomic E-state index is 10.9. The predicted octanol–water partition coefficient (Wildman–Crippen LogP) is 2.69. The number of H-pyrrole nitrogens is 1. The highest BCUT2D eigenvalue weighted by molar-refractivity contribution is 5.69. The van der Waals surface area contributed by atoms with Crippen molar-refractivity contribution in [3.05, 3.63) is 39.7 Å². The van der Waals surface area contributed by atoms with Crippen LogP contribution >= 0.6 is 0 Å². The number of aryl methyl sites for hydroxylation is 2. The summed E-state index contributed by atoms with van der Waals surface area (Å²) < 4.78 is 5.21. The van der Waals surface area contributed by atoms with E-state index in [1.807, 2.05) is 19.1 Å². The smallest absolute Gasteiger partial charge is 0.365 e. The molecule has 0 unspecified atom stereocenters. The van der Waals surface area contributed by atoms with E-state index in [0.29, 0.717) is 17.3 Å². The average molecular weight is 262 g/mol. The molecule has 0 atom stereocenters. The average Bonchev–Trinajstić information content (AvgIpc) is 2.71. The quantitative estimate of drug-likeness (QED) is 0.652. The number of aromatic nitrogens is 2. The molecule has 1 heterocycles. The van der Waals surface area contributed by atoms with E-state index in [1.54, 1.807) is 20.1 Å². The van der Waals surface area contributed by atoms with Gasteiger partial charge in [-0.05, 0) is 29.5 Å². The molecule has 1 aromatic heterocycles. The van der Waals surface area contributed by atoms with Crippen LogP contribution in [-0.2, 0) is 0 Å². The zero-order chi connectivity index (χ0) is 14.0. The van der Waals surface area contributed by atoms with Gasteiger partial charge in [0.1, 0.15) is 5.75 Å². The number of ether oxygens (including phenoxy) is 1. The number of nitrogens with one attached hydrogen (secondary N) is 2. The van der Waals surface area contributed by atoms with Crippen LogP contribution in [0.15, 0.2) is 18.2 Å². The molecule has 1 aromatic carbocycles. The Labute approximate surface area is 109 Å².